The Kier molecular flexibility index (Phi) is 16.6. The molecule has 172 valence electrons. The van der Waals surface area contributed by atoms with Crippen molar-refractivity contribution in [1.29, 1.82) is 0 Å². The van der Waals surface area contributed by atoms with Crippen molar-refractivity contribution in [1.82, 2.24) is 0 Å². The van der Waals surface area contributed by atoms with Crippen LogP contribution >= 0.6 is 0 Å². The quantitative estimate of drug-likeness (QED) is 0.264. The van der Waals surface area contributed by atoms with Crippen molar-refractivity contribution >= 4 is 0 Å². The number of hydrogen-bond donors (Lipinski definition) is 1. The van der Waals surface area contributed by atoms with E-state index in [9.17, 15) is 5.11 Å². The first-order valence-corrected chi connectivity index (χ1v) is 11.0. The molecule has 0 saturated carbocycles. The fraction of sp³-hybridized carbons (Fsp3) is 0.833. The van der Waals surface area contributed by atoms with Gasteiger partial charge < -0.3 is 24.1 Å². The van der Waals surface area contributed by atoms with Gasteiger partial charge in [-0.15, -0.1) is 0 Å². The van der Waals surface area contributed by atoms with E-state index in [-0.39, 0.29) is 6.10 Å². The van der Waals surface area contributed by atoms with E-state index >= 15 is 0 Å². The maximum Gasteiger partial charge on any atom is 0.180 e. The van der Waals surface area contributed by atoms with Gasteiger partial charge in [-0.2, -0.15) is 0 Å². The number of methoxy groups -OCH3 is 4. The molecule has 0 heterocycles. The Morgan fingerprint density at radius 2 is 1.59 bits per heavy atom. The van der Waals surface area contributed by atoms with Gasteiger partial charge in [-0.3, -0.25) is 0 Å². The summed E-state index contributed by atoms with van der Waals surface area (Å²) in [5, 5.41) is 9.83. The molecule has 0 spiro atoms. The van der Waals surface area contributed by atoms with Crippen molar-refractivity contribution < 1.29 is 24.1 Å². The van der Waals surface area contributed by atoms with Crippen molar-refractivity contribution in [3.8, 4) is 0 Å². The molecule has 0 aromatic heterocycles. The second kappa shape index (κ2) is 17.0. The summed E-state index contributed by atoms with van der Waals surface area (Å²) in [6, 6.07) is 0. The Balaban J connectivity index is 4.40. The molecule has 0 fully saturated rings. The van der Waals surface area contributed by atoms with Crippen LogP contribution in [0.4, 0.5) is 0 Å². The normalized spacial score (nSPS) is 19.1. The lowest BCUT2D eigenvalue weighted by molar-refractivity contribution is -0.164. The average Bonchev–Trinajstić information content (AvgIpc) is 2.71. The van der Waals surface area contributed by atoms with Crippen LogP contribution in [0.25, 0.3) is 0 Å². The summed E-state index contributed by atoms with van der Waals surface area (Å²) in [6.07, 6.45) is 11.7. The molecule has 0 radical (unpaired) electrons. The number of rotatable bonds is 17. The zero-order chi connectivity index (χ0) is 22.2. The maximum atomic E-state index is 9.83. The SMILES string of the molecule is CCC(OC)C(C)CCCC(C)/C=C/C=C(\C)CC(CC(OC)C(O)OC)OC. The van der Waals surface area contributed by atoms with Gasteiger partial charge in [0.1, 0.15) is 6.10 Å². The van der Waals surface area contributed by atoms with E-state index in [2.05, 4.69) is 45.9 Å². The summed E-state index contributed by atoms with van der Waals surface area (Å²) in [7, 11) is 6.55. The lowest BCUT2D eigenvalue weighted by Gasteiger charge is -2.24. The van der Waals surface area contributed by atoms with Crippen LogP contribution in [0, 0.1) is 11.8 Å². The van der Waals surface area contributed by atoms with Crippen molar-refractivity contribution in [2.24, 2.45) is 11.8 Å². The predicted molar refractivity (Wildman–Crippen MR) is 120 cm³/mol. The van der Waals surface area contributed by atoms with E-state index in [1.54, 1.807) is 14.2 Å². The molecule has 1 N–H and O–H groups in total. The second-order valence-electron chi connectivity index (χ2n) is 8.16. The van der Waals surface area contributed by atoms with Gasteiger partial charge >= 0.3 is 0 Å². The Bertz CT molecular complexity index is 445. The molecule has 29 heavy (non-hydrogen) atoms. The van der Waals surface area contributed by atoms with Crippen LogP contribution in [0.5, 0.6) is 0 Å². The minimum atomic E-state index is -0.943. The molecular weight excluding hydrogens is 368 g/mol. The number of aliphatic hydroxyl groups excluding tert-OH is 1. The summed E-state index contributed by atoms with van der Waals surface area (Å²) in [5.74, 6) is 1.17. The molecule has 0 amide bonds. The van der Waals surface area contributed by atoms with Gasteiger partial charge in [0.05, 0.1) is 12.2 Å². The topological polar surface area (TPSA) is 57.2 Å². The average molecular weight is 415 g/mol. The number of aliphatic hydroxyl groups is 1. The molecule has 0 bridgehead atoms. The highest BCUT2D eigenvalue weighted by atomic mass is 16.6. The van der Waals surface area contributed by atoms with Gasteiger partial charge in [-0.05, 0) is 44.4 Å². The molecule has 0 rings (SSSR count). The van der Waals surface area contributed by atoms with E-state index in [0.717, 1.165) is 12.8 Å². The molecule has 0 aromatic rings. The minimum absolute atomic E-state index is 0.0272. The molecule has 5 nitrogen and oxygen atoms in total. The van der Waals surface area contributed by atoms with Crippen molar-refractivity contribution in [2.75, 3.05) is 28.4 Å². The predicted octanol–water partition coefficient (Wildman–Crippen LogP) is 5.13. The highest BCUT2D eigenvalue weighted by molar-refractivity contribution is 5.12. The van der Waals surface area contributed by atoms with Crippen molar-refractivity contribution in [3.05, 3.63) is 23.8 Å². The summed E-state index contributed by atoms with van der Waals surface area (Å²) in [6.45, 7) is 8.85. The monoisotopic (exact) mass is 414 g/mol. The highest BCUT2D eigenvalue weighted by Gasteiger charge is 2.23. The van der Waals surface area contributed by atoms with Crippen LogP contribution in [-0.2, 0) is 18.9 Å². The third-order valence-corrected chi connectivity index (χ3v) is 5.72. The Morgan fingerprint density at radius 3 is 2.10 bits per heavy atom. The van der Waals surface area contributed by atoms with E-state index in [0.29, 0.717) is 24.4 Å². The van der Waals surface area contributed by atoms with E-state index in [1.165, 1.54) is 31.9 Å². The van der Waals surface area contributed by atoms with E-state index in [4.69, 9.17) is 18.9 Å². The maximum absolute atomic E-state index is 9.83. The Hall–Kier alpha value is -0.720. The Morgan fingerprint density at radius 1 is 0.931 bits per heavy atom. The zero-order valence-electron chi connectivity index (χ0n) is 20.0. The van der Waals surface area contributed by atoms with Crippen LogP contribution in [-0.4, -0.2) is 58.1 Å². The fourth-order valence-corrected chi connectivity index (χ4v) is 3.68. The summed E-state index contributed by atoms with van der Waals surface area (Å²) in [5.41, 5.74) is 1.24. The molecule has 6 atom stereocenters. The van der Waals surface area contributed by atoms with Crippen LogP contribution in [0.2, 0.25) is 0 Å². The van der Waals surface area contributed by atoms with Crippen LogP contribution in [0.15, 0.2) is 23.8 Å². The molecule has 0 aromatic carbocycles. The van der Waals surface area contributed by atoms with Crippen molar-refractivity contribution in [2.45, 2.75) is 90.8 Å². The molecule has 5 heteroatoms. The lowest BCUT2D eigenvalue weighted by Crippen LogP contribution is -2.33. The summed E-state index contributed by atoms with van der Waals surface area (Å²) in [4.78, 5) is 0. The molecule has 6 unspecified atom stereocenters. The fourth-order valence-electron chi connectivity index (χ4n) is 3.68. The first-order chi connectivity index (χ1) is 13.8. The van der Waals surface area contributed by atoms with Gasteiger partial charge in [-0.1, -0.05) is 51.0 Å². The second-order valence-corrected chi connectivity index (χ2v) is 8.16. The molecule has 0 aliphatic carbocycles. The first kappa shape index (κ1) is 28.3. The molecule has 0 saturated heterocycles. The van der Waals surface area contributed by atoms with Crippen molar-refractivity contribution in [3.63, 3.8) is 0 Å². The van der Waals surface area contributed by atoms with Gasteiger partial charge in [0, 0.05) is 34.9 Å². The standard InChI is InChI=1S/C24H46O5/c1-9-22(27-6)20(4)15-11-13-18(2)12-10-14-19(3)16-21(26-5)17-23(28-7)24(25)29-8/h10,12,14,18,20-25H,9,11,13,15-17H2,1-8H3/b12-10+,19-14+. The Labute approximate surface area is 179 Å². The third kappa shape index (κ3) is 12.5. The molecular formula is C24H46O5. The minimum Gasteiger partial charge on any atom is -0.381 e. The zero-order valence-corrected chi connectivity index (χ0v) is 20.0. The lowest BCUT2D eigenvalue weighted by atomic mass is 9.93. The van der Waals surface area contributed by atoms with E-state index in [1.807, 2.05) is 7.11 Å². The molecule has 0 aliphatic heterocycles. The highest BCUT2D eigenvalue weighted by Crippen LogP contribution is 2.20. The largest absolute Gasteiger partial charge is 0.381 e. The van der Waals surface area contributed by atoms with Crippen LogP contribution in [0.3, 0.4) is 0 Å². The van der Waals surface area contributed by atoms with Gasteiger partial charge in [0.15, 0.2) is 6.29 Å². The van der Waals surface area contributed by atoms with Gasteiger partial charge in [0.2, 0.25) is 0 Å². The number of allylic oxidation sites excluding steroid dienone is 3. The number of hydrogen-bond acceptors (Lipinski definition) is 5. The molecule has 0 aliphatic rings. The number of ether oxygens (including phenoxy) is 4. The first-order valence-electron chi connectivity index (χ1n) is 11.0. The van der Waals surface area contributed by atoms with Crippen LogP contribution < -0.4 is 0 Å². The summed E-state index contributed by atoms with van der Waals surface area (Å²) < 4.78 is 21.4. The van der Waals surface area contributed by atoms with Gasteiger partial charge in [-0.25, -0.2) is 0 Å². The van der Waals surface area contributed by atoms with E-state index < -0.39 is 12.4 Å². The smallest absolute Gasteiger partial charge is 0.180 e. The van der Waals surface area contributed by atoms with Gasteiger partial charge in [0.25, 0.3) is 0 Å². The third-order valence-electron chi connectivity index (χ3n) is 5.72. The van der Waals surface area contributed by atoms with Crippen LogP contribution in [0.1, 0.15) is 66.2 Å². The summed E-state index contributed by atoms with van der Waals surface area (Å²) >= 11 is 0.